The maximum absolute atomic E-state index is 12.1. The summed E-state index contributed by atoms with van der Waals surface area (Å²) in [6.07, 6.45) is 2.43. The number of fused-ring (bicyclic) bond motifs is 1. The number of rotatable bonds is 4. The van der Waals surface area contributed by atoms with Crippen LogP contribution in [0.1, 0.15) is 41.7 Å². The van der Waals surface area contributed by atoms with Crippen LogP contribution in [0.3, 0.4) is 0 Å². The number of benzene rings is 2. The van der Waals surface area contributed by atoms with Gasteiger partial charge in [0.2, 0.25) is 0 Å². The number of aromatic nitrogens is 1. The van der Waals surface area contributed by atoms with Crippen molar-refractivity contribution in [2.45, 2.75) is 25.7 Å². The average Bonchev–Trinajstić information content (AvgIpc) is 3.47. The molecule has 1 aliphatic carbocycles. The molecule has 4 heteroatoms. The lowest BCUT2D eigenvalue weighted by atomic mass is 9.97. The molecule has 3 aromatic rings. The van der Waals surface area contributed by atoms with Gasteiger partial charge in [-0.1, -0.05) is 41.9 Å². The minimum atomic E-state index is -0.448. The molecule has 25 heavy (non-hydrogen) atoms. The Morgan fingerprint density at radius 2 is 1.96 bits per heavy atom. The molecule has 126 valence electrons. The monoisotopic (exact) mass is 351 g/mol. The van der Waals surface area contributed by atoms with E-state index in [1.54, 1.807) is 13.0 Å². The highest BCUT2D eigenvalue weighted by Gasteiger charge is 2.26. The van der Waals surface area contributed by atoms with Gasteiger partial charge in [-0.3, -0.25) is 0 Å². The van der Waals surface area contributed by atoms with Gasteiger partial charge in [-0.05, 0) is 55.0 Å². The van der Waals surface area contributed by atoms with Crippen molar-refractivity contribution in [1.82, 2.24) is 4.98 Å². The molecule has 0 radical (unpaired) electrons. The van der Waals surface area contributed by atoms with E-state index in [2.05, 4.69) is 29.2 Å². The lowest BCUT2D eigenvalue weighted by Gasteiger charge is -2.12. The third kappa shape index (κ3) is 3.12. The van der Waals surface area contributed by atoms with Crippen LogP contribution in [0.2, 0.25) is 5.02 Å². The maximum Gasteiger partial charge on any atom is 0.356 e. The van der Waals surface area contributed by atoms with E-state index in [1.807, 2.05) is 18.2 Å². The Kier molecular flexibility index (Phi) is 4.18. The summed E-state index contributed by atoms with van der Waals surface area (Å²) < 4.78 is 5.09. The number of hydrogen-bond donors (Lipinski definition) is 0. The first-order valence-electron chi connectivity index (χ1n) is 8.54. The predicted octanol–water partition coefficient (Wildman–Crippen LogP) is 5.61. The molecule has 1 aliphatic rings. The maximum atomic E-state index is 12.1. The van der Waals surface area contributed by atoms with Crippen LogP contribution in [0.25, 0.3) is 22.0 Å². The molecule has 2 aromatic carbocycles. The number of carbonyl (C=O) groups excluding carboxylic acids is 1. The van der Waals surface area contributed by atoms with Gasteiger partial charge in [-0.15, -0.1) is 0 Å². The summed E-state index contributed by atoms with van der Waals surface area (Å²) >= 11 is 6.52. The van der Waals surface area contributed by atoms with Gasteiger partial charge in [-0.25, -0.2) is 9.78 Å². The molecule has 1 fully saturated rings. The molecule has 0 spiro atoms. The number of pyridine rings is 1. The smallest absolute Gasteiger partial charge is 0.356 e. The Balaban J connectivity index is 1.97. The van der Waals surface area contributed by atoms with Crippen molar-refractivity contribution in [2.24, 2.45) is 0 Å². The van der Waals surface area contributed by atoms with Crippen LogP contribution in [0.15, 0.2) is 48.5 Å². The number of ether oxygens (including phenoxy) is 1. The van der Waals surface area contributed by atoms with Gasteiger partial charge in [0.1, 0.15) is 0 Å². The van der Waals surface area contributed by atoms with Crippen LogP contribution in [0.5, 0.6) is 0 Å². The Labute approximate surface area is 151 Å². The highest BCUT2D eigenvalue weighted by atomic mass is 35.5. The molecule has 3 nitrogen and oxygen atoms in total. The molecule has 0 N–H and O–H groups in total. The Morgan fingerprint density at radius 1 is 1.20 bits per heavy atom. The fourth-order valence-electron chi connectivity index (χ4n) is 3.11. The largest absolute Gasteiger partial charge is 0.461 e. The lowest BCUT2D eigenvalue weighted by molar-refractivity contribution is 0.0520. The second-order valence-corrected chi connectivity index (χ2v) is 6.72. The van der Waals surface area contributed by atoms with Crippen LogP contribution < -0.4 is 0 Å². The second-order valence-electron chi connectivity index (χ2n) is 6.31. The molecule has 0 saturated heterocycles. The van der Waals surface area contributed by atoms with Crippen LogP contribution in [-0.2, 0) is 4.74 Å². The second kappa shape index (κ2) is 6.49. The molecule has 0 unspecified atom stereocenters. The standard InChI is InChI=1S/C21H18ClNO2/c1-2-25-21(24)19-12-18(22)17-11-15(13-8-9-13)10-16(20(17)23-19)14-6-4-3-5-7-14/h3-7,10-13H,2,8-9H2,1H3. The Hall–Kier alpha value is -2.39. The van der Waals surface area contributed by atoms with Crippen molar-refractivity contribution in [3.63, 3.8) is 0 Å². The van der Waals surface area contributed by atoms with Gasteiger partial charge in [0.15, 0.2) is 5.69 Å². The van der Waals surface area contributed by atoms with E-state index in [1.165, 1.54) is 18.4 Å². The molecule has 1 saturated carbocycles. The SMILES string of the molecule is CCOC(=O)c1cc(Cl)c2cc(C3CC3)cc(-c3ccccc3)c2n1. The van der Waals surface area contributed by atoms with Gasteiger partial charge in [0.05, 0.1) is 17.1 Å². The minimum absolute atomic E-state index is 0.246. The highest BCUT2D eigenvalue weighted by molar-refractivity contribution is 6.36. The molecule has 1 aromatic heterocycles. The fraction of sp³-hybridized carbons (Fsp3) is 0.238. The third-order valence-corrected chi connectivity index (χ3v) is 4.82. The molecular weight excluding hydrogens is 334 g/mol. The summed E-state index contributed by atoms with van der Waals surface area (Å²) in [5.74, 6) is 0.157. The van der Waals surface area contributed by atoms with Crippen LogP contribution in [0, 0.1) is 0 Å². The number of carbonyl (C=O) groups is 1. The molecule has 0 atom stereocenters. The quantitative estimate of drug-likeness (QED) is 0.573. The molecular formula is C21H18ClNO2. The number of halogens is 1. The Bertz CT molecular complexity index is 949. The lowest BCUT2D eigenvalue weighted by Crippen LogP contribution is -2.07. The first-order chi connectivity index (χ1) is 12.2. The van der Waals surface area contributed by atoms with Gasteiger partial charge in [0, 0.05) is 10.9 Å². The molecule has 0 aliphatic heterocycles. The first kappa shape index (κ1) is 16.1. The predicted molar refractivity (Wildman–Crippen MR) is 100 cm³/mol. The summed E-state index contributed by atoms with van der Waals surface area (Å²) in [5.41, 5.74) is 4.36. The summed E-state index contributed by atoms with van der Waals surface area (Å²) in [6.45, 7) is 2.08. The van der Waals surface area contributed by atoms with Crippen LogP contribution in [0.4, 0.5) is 0 Å². The van der Waals surface area contributed by atoms with Gasteiger partial charge < -0.3 is 4.74 Å². The van der Waals surface area contributed by atoms with Crippen molar-refractivity contribution < 1.29 is 9.53 Å². The number of nitrogens with zero attached hydrogens (tertiary/aromatic N) is 1. The molecule has 4 rings (SSSR count). The van der Waals surface area contributed by atoms with E-state index in [0.29, 0.717) is 17.5 Å². The first-order valence-corrected chi connectivity index (χ1v) is 8.92. The van der Waals surface area contributed by atoms with E-state index in [4.69, 9.17) is 16.3 Å². The zero-order valence-corrected chi connectivity index (χ0v) is 14.7. The third-order valence-electron chi connectivity index (χ3n) is 4.50. The number of esters is 1. The van der Waals surface area contributed by atoms with Crippen LogP contribution >= 0.6 is 11.6 Å². The summed E-state index contributed by atoms with van der Waals surface area (Å²) in [4.78, 5) is 16.7. The minimum Gasteiger partial charge on any atom is -0.461 e. The van der Waals surface area contributed by atoms with Crippen molar-refractivity contribution in [2.75, 3.05) is 6.61 Å². The molecule has 0 bridgehead atoms. The number of hydrogen-bond acceptors (Lipinski definition) is 3. The zero-order chi connectivity index (χ0) is 17.4. The molecule has 0 amide bonds. The van der Waals surface area contributed by atoms with Gasteiger partial charge in [-0.2, -0.15) is 0 Å². The average molecular weight is 352 g/mol. The van der Waals surface area contributed by atoms with E-state index >= 15 is 0 Å². The topological polar surface area (TPSA) is 39.2 Å². The van der Waals surface area contributed by atoms with Crippen molar-refractivity contribution >= 4 is 28.5 Å². The van der Waals surface area contributed by atoms with E-state index in [-0.39, 0.29) is 5.69 Å². The summed E-state index contributed by atoms with van der Waals surface area (Å²) in [5, 5.41) is 1.42. The van der Waals surface area contributed by atoms with E-state index in [0.717, 1.165) is 22.0 Å². The van der Waals surface area contributed by atoms with Crippen molar-refractivity contribution in [3.8, 4) is 11.1 Å². The van der Waals surface area contributed by atoms with Crippen molar-refractivity contribution in [1.29, 1.82) is 0 Å². The fourth-order valence-corrected chi connectivity index (χ4v) is 3.36. The highest BCUT2D eigenvalue weighted by Crippen LogP contribution is 2.44. The Morgan fingerprint density at radius 3 is 2.64 bits per heavy atom. The van der Waals surface area contributed by atoms with E-state index < -0.39 is 5.97 Å². The summed E-state index contributed by atoms with van der Waals surface area (Å²) in [6, 6.07) is 16.0. The normalized spacial score (nSPS) is 13.8. The molecule has 1 heterocycles. The van der Waals surface area contributed by atoms with Gasteiger partial charge in [0.25, 0.3) is 0 Å². The zero-order valence-electron chi connectivity index (χ0n) is 14.0. The van der Waals surface area contributed by atoms with E-state index in [9.17, 15) is 4.79 Å². The van der Waals surface area contributed by atoms with Crippen LogP contribution in [-0.4, -0.2) is 17.6 Å². The van der Waals surface area contributed by atoms with Crippen molar-refractivity contribution in [3.05, 3.63) is 64.8 Å². The van der Waals surface area contributed by atoms with Gasteiger partial charge >= 0.3 is 5.97 Å². The summed E-state index contributed by atoms with van der Waals surface area (Å²) in [7, 11) is 0.